The molecule has 1 aliphatic heterocycles. The van der Waals surface area contributed by atoms with Crippen molar-refractivity contribution in [1.82, 2.24) is 4.98 Å². The van der Waals surface area contributed by atoms with Gasteiger partial charge < -0.3 is 18.8 Å². The van der Waals surface area contributed by atoms with Crippen LogP contribution in [0.2, 0.25) is 0 Å². The molecule has 0 N–H and O–H groups in total. The standard InChI is InChI=1S/C17H28BNO4/c1-6-7-10-20-11-12-21-15-9-8-14(13-19-15)18-22-16(2,3)17(4,5)23-18/h8-9,13H,6-7,10-12H2,1-5H3. The van der Waals surface area contributed by atoms with Crippen LogP contribution in [0.3, 0.4) is 0 Å². The molecule has 23 heavy (non-hydrogen) atoms. The van der Waals surface area contributed by atoms with Gasteiger partial charge >= 0.3 is 7.12 Å². The SMILES string of the molecule is CCCCOCCOc1ccc(B2OC(C)(C)C(C)(C)O2)cn1. The van der Waals surface area contributed by atoms with E-state index in [1.807, 2.05) is 39.8 Å². The van der Waals surface area contributed by atoms with E-state index < -0.39 is 0 Å². The highest BCUT2D eigenvalue weighted by molar-refractivity contribution is 6.62. The molecule has 1 aromatic rings. The van der Waals surface area contributed by atoms with Crippen molar-refractivity contribution in [3.63, 3.8) is 0 Å². The number of rotatable bonds is 8. The molecule has 5 nitrogen and oxygen atoms in total. The third-order valence-electron chi connectivity index (χ3n) is 4.40. The zero-order valence-corrected chi connectivity index (χ0v) is 14.9. The summed E-state index contributed by atoms with van der Waals surface area (Å²) in [4.78, 5) is 4.31. The number of hydrogen-bond donors (Lipinski definition) is 0. The third-order valence-corrected chi connectivity index (χ3v) is 4.40. The van der Waals surface area contributed by atoms with Crippen LogP contribution in [0.5, 0.6) is 5.88 Å². The second-order valence-electron chi connectivity index (χ2n) is 6.83. The van der Waals surface area contributed by atoms with Crippen LogP contribution in [0.4, 0.5) is 0 Å². The Morgan fingerprint density at radius 1 is 1.04 bits per heavy atom. The molecule has 0 atom stereocenters. The molecule has 1 fully saturated rings. The summed E-state index contributed by atoms with van der Waals surface area (Å²) in [6.07, 6.45) is 3.97. The molecule has 2 heterocycles. The van der Waals surface area contributed by atoms with E-state index in [2.05, 4.69) is 11.9 Å². The number of nitrogens with zero attached hydrogens (tertiary/aromatic N) is 1. The van der Waals surface area contributed by atoms with Gasteiger partial charge in [-0.1, -0.05) is 19.4 Å². The molecular formula is C17H28BNO4. The molecule has 128 valence electrons. The molecule has 2 rings (SSSR count). The van der Waals surface area contributed by atoms with E-state index in [4.69, 9.17) is 18.8 Å². The van der Waals surface area contributed by atoms with Gasteiger partial charge in [-0.2, -0.15) is 0 Å². The van der Waals surface area contributed by atoms with Gasteiger partial charge in [0, 0.05) is 18.3 Å². The predicted molar refractivity (Wildman–Crippen MR) is 91.2 cm³/mol. The quantitative estimate of drug-likeness (QED) is 0.544. The third kappa shape index (κ3) is 4.69. The average molecular weight is 321 g/mol. The zero-order chi connectivity index (χ0) is 16.9. The fraction of sp³-hybridized carbons (Fsp3) is 0.706. The van der Waals surface area contributed by atoms with Crippen LogP contribution in [0, 0.1) is 0 Å². The Hall–Kier alpha value is -1.11. The Balaban J connectivity index is 1.81. The minimum absolute atomic E-state index is 0.345. The van der Waals surface area contributed by atoms with E-state index in [0.717, 1.165) is 24.9 Å². The van der Waals surface area contributed by atoms with Crippen molar-refractivity contribution in [1.29, 1.82) is 0 Å². The molecule has 0 spiro atoms. The van der Waals surface area contributed by atoms with Crippen LogP contribution in [-0.4, -0.2) is 43.1 Å². The second-order valence-corrected chi connectivity index (χ2v) is 6.83. The van der Waals surface area contributed by atoms with Gasteiger partial charge in [0.15, 0.2) is 0 Å². The molecule has 1 aliphatic rings. The molecule has 1 aromatic heterocycles. The van der Waals surface area contributed by atoms with Gasteiger partial charge in [0.1, 0.15) is 6.61 Å². The molecular weight excluding hydrogens is 293 g/mol. The summed E-state index contributed by atoms with van der Waals surface area (Å²) in [6, 6.07) is 3.77. The Morgan fingerprint density at radius 2 is 1.74 bits per heavy atom. The van der Waals surface area contributed by atoms with E-state index in [-0.39, 0.29) is 18.3 Å². The van der Waals surface area contributed by atoms with Gasteiger partial charge in [-0.15, -0.1) is 0 Å². The molecule has 0 aliphatic carbocycles. The van der Waals surface area contributed by atoms with E-state index >= 15 is 0 Å². The summed E-state index contributed by atoms with van der Waals surface area (Å²) >= 11 is 0. The van der Waals surface area contributed by atoms with Crippen molar-refractivity contribution in [2.45, 2.75) is 58.7 Å². The number of ether oxygens (including phenoxy) is 2. The second kappa shape index (κ2) is 7.64. The van der Waals surface area contributed by atoms with Crippen LogP contribution in [0.1, 0.15) is 47.5 Å². The highest BCUT2D eigenvalue weighted by Gasteiger charge is 2.51. The Morgan fingerprint density at radius 3 is 2.30 bits per heavy atom. The summed E-state index contributed by atoms with van der Waals surface area (Å²) in [7, 11) is -0.390. The average Bonchev–Trinajstić information content (AvgIpc) is 2.72. The lowest BCUT2D eigenvalue weighted by Crippen LogP contribution is -2.41. The smallest absolute Gasteiger partial charge is 0.475 e. The largest absolute Gasteiger partial charge is 0.496 e. The van der Waals surface area contributed by atoms with Gasteiger partial charge in [0.05, 0.1) is 17.8 Å². The van der Waals surface area contributed by atoms with Crippen molar-refractivity contribution in [2.75, 3.05) is 19.8 Å². The van der Waals surface area contributed by atoms with Crippen LogP contribution < -0.4 is 10.2 Å². The fourth-order valence-corrected chi connectivity index (χ4v) is 2.15. The normalized spacial score (nSPS) is 19.1. The maximum Gasteiger partial charge on any atom is 0.496 e. The van der Waals surface area contributed by atoms with E-state index in [0.29, 0.717) is 19.1 Å². The molecule has 0 amide bonds. The molecule has 0 radical (unpaired) electrons. The van der Waals surface area contributed by atoms with Gasteiger partial charge in [-0.05, 0) is 40.2 Å². The molecule has 0 saturated carbocycles. The van der Waals surface area contributed by atoms with E-state index in [9.17, 15) is 0 Å². The summed E-state index contributed by atoms with van der Waals surface area (Å²) in [5.41, 5.74) is 0.209. The van der Waals surface area contributed by atoms with Crippen LogP contribution >= 0.6 is 0 Å². The minimum Gasteiger partial charge on any atom is -0.475 e. The lowest BCUT2D eigenvalue weighted by atomic mass is 9.80. The van der Waals surface area contributed by atoms with Crippen molar-refractivity contribution in [2.24, 2.45) is 0 Å². The first kappa shape index (κ1) is 18.2. The summed E-state index contributed by atoms with van der Waals surface area (Å²) < 4.78 is 23.0. The molecule has 0 bridgehead atoms. The van der Waals surface area contributed by atoms with Crippen LogP contribution in [0.25, 0.3) is 0 Å². The zero-order valence-electron chi connectivity index (χ0n) is 14.9. The summed E-state index contributed by atoms with van der Waals surface area (Å²) in [5, 5.41) is 0. The fourth-order valence-electron chi connectivity index (χ4n) is 2.15. The first-order valence-corrected chi connectivity index (χ1v) is 8.38. The van der Waals surface area contributed by atoms with Crippen LogP contribution in [-0.2, 0) is 14.0 Å². The molecule has 0 aromatic carbocycles. The van der Waals surface area contributed by atoms with Gasteiger partial charge in [0.2, 0.25) is 5.88 Å². The molecule has 6 heteroatoms. The number of pyridine rings is 1. The number of aromatic nitrogens is 1. The number of hydrogen-bond acceptors (Lipinski definition) is 5. The summed E-state index contributed by atoms with van der Waals surface area (Å²) in [5.74, 6) is 0.587. The lowest BCUT2D eigenvalue weighted by molar-refractivity contribution is 0.00578. The monoisotopic (exact) mass is 321 g/mol. The highest BCUT2D eigenvalue weighted by Crippen LogP contribution is 2.36. The first-order chi connectivity index (χ1) is 10.9. The van der Waals surface area contributed by atoms with Crippen LogP contribution in [0.15, 0.2) is 18.3 Å². The number of unbranched alkanes of at least 4 members (excludes halogenated alkanes) is 1. The molecule has 1 saturated heterocycles. The minimum atomic E-state index is -0.390. The van der Waals surface area contributed by atoms with Gasteiger partial charge in [0.25, 0.3) is 0 Å². The first-order valence-electron chi connectivity index (χ1n) is 8.38. The topological polar surface area (TPSA) is 49.8 Å². The predicted octanol–water partition coefficient (Wildman–Crippen LogP) is 2.58. The van der Waals surface area contributed by atoms with E-state index in [1.165, 1.54) is 0 Å². The highest BCUT2D eigenvalue weighted by atomic mass is 16.7. The Labute approximate surface area is 139 Å². The van der Waals surface area contributed by atoms with Crippen molar-refractivity contribution in [3.8, 4) is 5.88 Å². The van der Waals surface area contributed by atoms with Gasteiger partial charge in [-0.25, -0.2) is 4.98 Å². The van der Waals surface area contributed by atoms with Crippen molar-refractivity contribution in [3.05, 3.63) is 18.3 Å². The maximum absolute atomic E-state index is 6.00. The van der Waals surface area contributed by atoms with Crippen molar-refractivity contribution >= 4 is 12.6 Å². The lowest BCUT2D eigenvalue weighted by Gasteiger charge is -2.32. The summed E-state index contributed by atoms with van der Waals surface area (Å²) in [6.45, 7) is 12.2. The maximum atomic E-state index is 6.00. The molecule has 0 unspecified atom stereocenters. The van der Waals surface area contributed by atoms with Crippen molar-refractivity contribution < 1.29 is 18.8 Å². The Bertz CT molecular complexity index is 474. The van der Waals surface area contributed by atoms with E-state index in [1.54, 1.807) is 6.20 Å². The Kier molecular flexibility index (Phi) is 6.06. The van der Waals surface area contributed by atoms with Gasteiger partial charge in [-0.3, -0.25) is 0 Å².